The van der Waals surface area contributed by atoms with Crippen LogP contribution in [0.15, 0.2) is 21.4 Å². The summed E-state index contributed by atoms with van der Waals surface area (Å²) in [5, 5.41) is 0. The third kappa shape index (κ3) is 2.51. The molecule has 20 heavy (non-hydrogen) atoms. The van der Waals surface area contributed by atoms with E-state index in [1.807, 2.05) is 11.8 Å². The molecular formula is C16H25BO2S. The van der Waals surface area contributed by atoms with Crippen molar-refractivity contribution >= 4 is 18.9 Å². The lowest BCUT2D eigenvalue weighted by Gasteiger charge is -2.32. The third-order valence-corrected chi connectivity index (χ3v) is 6.42. The fourth-order valence-corrected chi connectivity index (χ4v) is 4.09. The summed E-state index contributed by atoms with van der Waals surface area (Å²) in [5.41, 5.74) is 1.14. The van der Waals surface area contributed by atoms with E-state index in [9.17, 15) is 0 Å². The molecule has 0 aromatic rings. The van der Waals surface area contributed by atoms with Gasteiger partial charge in [-0.2, -0.15) is 0 Å². The average Bonchev–Trinajstić information content (AvgIpc) is 3.17. The minimum atomic E-state index is -0.243. The quantitative estimate of drug-likeness (QED) is 0.702. The second-order valence-corrected chi connectivity index (χ2v) is 8.21. The molecule has 4 heteroatoms. The van der Waals surface area contributed by atoms with Gasteiger partial charge in [0, 0.05) is 4.80 Å². The van der Waals surface area contributed by atoms with Crippen molar-refractivity contribution in [2.45, 2.75) is 71.5 Å². The molecule has 0 radical (unpaired) electrons. The normalized spacial score (nSPS) is 28.9. The summed E-state index contributed by atoms with van der Waals surface area (Å²) < 4.78 is 12.4. The summed E-state index contributed by atoms with van der Waals surface area (Å²) >= 11 is 1.92. The van der Waals surface area contributed by atoms with Crippen LogP contribution < -0.4 is 0 Å². The van der Waals surface area contributed by atoms with Gasteiger partial charge in [0.05, 0.1) is 11.2 Å². The Morgan fingerprint density at radius 3 is 2.30 bits per heavy atom. The molecule has 3 rings (SSSR count). The maximum absolute atomic E-state index is 6.19. The van der Waals surface area contributed by atoms with Gasteiger partial charge in [0.25, 0.3) is 0 Å². The Morgan fingerprint density at radius 2 is 1.80 bits per heavy atom. The fourth-order valence-electron chi connectivity index (χ4n) is 2.70. The lowest BCUT2D eigenvalue weighted by Crippen LogP contribution is -2.41. The maximum atomic E-state index is 6.19. The Kier molecular flexibility index (Phi) is 3.63. The van der Waals surface area contributed by atoms with E-state index >= 15 is 0 Å². The first-order valence-corrected chi connectivity index (χ1v) is 8.61. The topological polar surface area (TPSA) is 18.5 Å². The van der Waals surface area contributed by atoms with Gasteiger partial charge in [-0.05, 0) is 64.2 Å². The van der Waals surface area contributed by atoms with Gasteiger partial charge in [-0.1, -0.05) is 18.6 Å². The third-order valence-electron chi connectivity index (χ3n) is 4.99. The summed E-state index contributed by atoms with van der Waals surface area (Å²) in [4.78, 5) is 2.88. The average molecular weight is 292 g/mol. The van der Waals surface area contributed by atoms with Gasteiger partial charge in [-0.15, -0.1) is 11.8 Å². The molecule has 0 aromatic carbocycles. The molecule has 2 nitrogen and oxygen atoms in total. The molecule has 1 aliphatic carbocycles. The summed E-state index contributed by atoms with van der Waals surface area (Å²) in [5.74, 6) is 0.820. The minimum absolute atomic E-state index is 0.183. The monoisotopic (exact) mass is 292 g/mol. The van der Waals surface area contributed by atoms with Crippen LogP contribution in [-0.2, 0) is 9.31 Å². The highest BCUT2D eigenvalue weighted by atomic mass is 32.2. The second kappa shape index (κ2) is 4.93. The van der Waals surface area contributed by atoms with E-state index in [-0.39, 0.29) is 18.3 Å². The zero-order chi connectivity index (χ0) is 14.5. The van der Waals surface area contributed by atoms with E-state index in [1.165, 1.54) is 24.1 Å². The van der Waals surface area contributed by atoms with Crippen molar-refractivity contribution in [1.29, 1.82) is 0 Å². The summed E-state index contributed by atoms with van der Waals surface area (Å²) in [6.07, 6.45) is 7.29. The largest absolute Gasteiger partial charge is 0.501 e. The minimum Gasteiger partial charge on any atom is -0.399 e. The first-order valence-electron chi connectivity index (χ1n) is 7.79. The lowest BCUT2D eigenvalue weighted by atomic mass is 9.87. The molecule has 2 aliphatic heterocycles. The Bertz CT molecular complexity index is 459. The van der Waals surface area contributed by atoms with Crippen LogP contribution in [0, 0.1) is 5.92 Å². The zero-order valence-corrected chi connectivity index (χ0v) is 14.1. The van der Waals surface area contributed by atoms with E-state index in [2.05, 4.69) is 40.7 Å². The number of rotatable bonds is 3. The van der Waals surface area contributed by atoms with Gasteiger partial charge in [-0.3, -0.25) is 0 Å². The molecule has 0 N–H and O–H groups in total. The van der Waals surface area contributed by atoms with Crippen LogP contribution in [0.4, 0.5) is 0 Å². The van der Waals surface area contributed by atoms with Crippen molar-refractivity contribution in [3.8, 4) is 0 Å². The second-order valence-electron chi connectivity index (χ2n) is 7.10. The molecule has 0 bridgehead atoms. The first-order chi connectivity index (χ1) is 9.34. The van der Waals surface area contributed by atoms with Crippen LogP contribution in [0.25, 0.3) is 0 Å². The Morgan fingerprint density at radius 1 is 1.20 bits per heavy atom. The summed E-state index contributed by atoms with van der Waals surface area (Å²) in [7, 11) is -0.183. The Hall–Kier alpha value is -0.185. The van der Waals surface area contributed by atoms with Crippen LogP contribution in [0.5, 0.6) is 0 Å². The van der Waals surface area contributed by atoms with Gasteiger partial charge < -0.3 is 9.31 Å². The molecule has 110 valence electrons. The molecule has 3 aliphatic rings. The molecule has 2 heterocycles. The summed E-state index contributed by atoms with van der Waals surface area (Å²) in [6, 6.07) is 0. The van der Waals surface area contributed by atoms with Crippen molar-refractivity contribution in [2.75, 3.05) is 0 Å². The summed E-state index contributed by atoms with van der Waals surface area (Å²) in [6.45, 7) is 10.8. The van der Waals surface area contributed by atoms with E-state index in [0.29, 0.717) is 0 Å². The smallest absolute Gasteiger partial charge is 0.399 e. The molecule has 0 amide bonds. The molecule has 0 spiro atoms. The zero-order valence-electron chi connectivity index (χ0n) is 13.3. The molecule has 0 atom stereocenters. The van der Waals surface area contributed by atoms with Crippen molar-refractivity contribution in [1.82, 2.24) is 0 Å². The Balaban J connectivity index is 1.76. The fraction of sp³-hybridized carbons (Fsp3) is 0.750. The van der Waals surface area contributed by atoms with Crippen molar-refractivity contribution in [2.24, 2.45) is 5.92 Å². The lowest BCUT2D eigenvalue weighted by molar-refractivity contribution is 0.00578. The maximum Gasteiger partial charge on any atom is 0.501 e. The predicted octanol–water partition coefficient (Wildman–Crippen LogP) is 4.71. The van der Waals surface area contributed by atoms with Gasteiger partial charge in [-0.25, -0.2) is 0 Å². The van der Waals surface area contributed by atoms with Crippen LogP contribution >= 0.6 is 11.8 Å². The van der Waals surface area contributed by atoms with Crippen molar-refractivity contribution in [3.63, 3.8) is 0 Å². The van der Waals surface area contributed by atoms with E-state index in [4.69, 9.17) is 9.31 Å². The molecule has 0 unspecified atom stereocenters. The van der Waals surface area contributed by atoms with Gasteiger partial charge in [0.15, 0.2) is 0 Å². The molecule has 1 saturated carbocycles. The van der Waals surface area contributed by atoms with Crippen molar-refractivity contribution < 1.29 is 9.31 Å². The molecule has 2 fully saturated rings. The van der Waals surface area contributed by atoms with Gasteiger partial charge in [0.1, 0.15) is 0 Å². The number of hydrogen-bond donors (Lipinski definition) is 0. The van der Waals surface area contributed by atoms with Crippen LogP contribution in [0.1, 0.15) is 60.3 Å². The van der Waals surface area contributed by atoms with E-state index in [1.54, 1.807) is 10.5 Å². The highest BCUT2D eigenvalue weighted by Crippen LogP contribution is 2.51. The van der Waals surface area contributed by atoms with Crippen LogP contribution in [0.3, 0.4) is 0 Å². The van der Waals surface area contributed by atoms with Gasteiger partial charge in [0.2, 0.25) is 0 Å². The highest BCUT2D eigenvalue weighted by molar-refractivity contribution is 8.08. The molecular weight excluding hydrogens is 267 g/mol. The Labute approximate surface area is 127 Å². The number of hydrogen-bond acceptors (Lipinski definition) is 3. The molecule has 0 aromatic heterocycles. The highest BCUT2D eigenvalue weighted by Gasteiger charge is 2.53. The SMILES string of the molecule is CCC1=C(C2CC2)SC(B2OC(C)(C)C(C)(C)O2)=CC1. The number of allylic oxidation sites excluding steroid dienone is 3. The van der Waals surface area contributed by atoms with Crippen LogP contribution in [0.2, 0.25) is 0 Å². The van der Waals surface area contributed by atoms with E-state index < -0.39 is 0 Å². The van der Waals surface area contributed by atoms with E-state index in [0.717, 1.165) is 12.3 Å². The standard InChI is InChI=1S/C16H25BO2S/c1-6-11-9-10-13(20-14(11)12-7-8-12)17-18-15(2,3)16(4,5)19-17/h10,12H,6-9H2,1-5H3. The van der Waals surface area contributed by atoms with Crippen molar-refractivity contribution in [3.05, 3.63) is 21.4 Å². The molecule has 1 saturated heterocycles. The number of thioether (sulfide) groups is 1. The first kappa shape index (κ1) is 14.7. The van der Waals surface area contributed by atoms with Gasteiger partial charge >= 0.3 is 7.12 Å². The predicted molar refractivity (Wildman–Crippen MR) is 86.4 cm³/mol. The van der Waals surface area contributed by atoms with Crippen LogP contribution in [-0.4, -0.2) is 18.3 Å².